The van der Waals surface area contributed by atoms with Crippen LogP contribution < -0.4 is 15.8 Å². The second kappa shape index (κ2) is 27.3. The average Bonchev–Trinajstić information content (AvgIpc) is 3.56. The molecule has 0 unspecified atom stereocenters. The summed E-state index contributed by atoms with van der Waals surface area (Å²) in [7, 11) is 3.21. The number of allylic oxidation sites excluding steroid dienone is 3. The van der Waals surface area contributed by atoms with E-state index < -0.39 is 0 Å². The first kappa shape index (κ1) is 43.5. The first-order valence-corrected chi connectivity index (χ1v) is 17.6. The third-order valence-electron chi connectivity index (χ3n) is 7.31. The molecule has 4 heterocycles. The number of piperidine rings is 1. The molecule has 4 rings (SSSR count). The molecule has 1 aliphatic rings. The van der Waals surface area contributed by atoms with Crippen LogP contribution >= 0.6 is 0 Å². The van der Waals surface area contributed by atoms with Crippen LogP contribution in [0.3, 0.4) is 0 Å². The van der Waals surface area contributed by atoms with Gasteiger partial charge in [-0.25, -0.2) is 4.98 Å². The molecule has 0 saturated carbocycles. The Hall–Kier alpha value is -3.55. The van der Waals surface area contributed by atoms with Crippen LogP contribution in [0.2, 0.25) is 0 Å². The van der Waals surface area contributed by atoms with Gasteiger partial charge in [-0.3, -0.25) is 4.79 Å². The Bertz CT molecular complexity index is 1370. The van der Waals surface area contributed by atoms with Crippen LogP contribution in [0.1, 0.15) is 71.4 Å². The quantitative estimate of drug-likeness (QED) is 0.101. The van der Waals surface area contributed by atoms with E-state index in [1.54, 1.807) is 37.9 Å². The lowest BCUT2D eigenvalue weighted by molar-refractivity contribution is -0.116. The van der Waals surface area contributed by atoms with E-state index in [1.807, 2.05) is 55.9 Å². The SMILES string of the molecule is C=C/C=C\C.CC.CCO.CCc1cnn2c(NCc3ccc(=O)n(CCOCCOCCC(OC)OC)c3)cc(N3CCCCC3)nc12. The van der Waals surface area contributed by atoms with Crippen molar-refractivity contribution in [1.29, 1.82) is 0 Å². The van der Waals surface area contributed by atoms with Crippen molar-refractivity contribution < 1.29 is 24.1 Å². The van der Waals surface area contributed by atoms with E-state index in [4.69, 9.17) is 29.0 Å². The number of aromatic nitrogens is 4. The molecule has 2 N–H and O–H groups in total. The lowest BCUT2D eigenvalue weighted by atomic mass is 10.1. The number of pyridine rings is 1. The van der Waals surface area contributed by atoms with Gasteiger partial charge in [0.2, 0.25) is 0 Å². The van der Waals surface area contributed by atoms with Crippen LogP contribution in [0.4, 0.5) is 11.6 Å². The fourth-order valence-corrected chi connectivity index (χ4v) is 4.84. The van der Waals surface area contributed by atoms with Crippen LogP contribution in [0, 0.1) is 0 Å². The molecule has 3 aromatic heterocycles. The van der Waals surface area contributed by atoms with Crippen molar-refractivity contribution in [3.8, 4) is 0 Å². The summed E-state index contributed by atoms with van der Waals surface area (Å²) in [6.45, 7) is 18.5. The Morgan fingerprint density at radius 3 is 2.31 bits per heavy atom. The minimum absolute atomic E-state index is 0.0536. The van der Waals surface area contributed by atoms with Gasteiger partial charge in [-0.1, -0.05) is 51.6 Å². The fourth-order valence-electron chi connectivity index (χ4n) is 4.84. The average molecular weight is 687 g/mol. The predicted molar refractivity (Wildman–Crippen MR) is 200 cm³/mol. The maximum absolute atomic E-state index is 12.4. The number of nitrogens with one attached hydrogen (secondary N) is 1. The number of methoxy groups -OCH3 is 2. The van der Waals surface area contributed by atoms with Crippen LogP contribution in [0.5, 0.6) is 0 Å². The van der Waals surface area contributed by atoms with Crippen LogP contribution in [-0.4, -0.2) is 90.9 Å². The number of aryl methyl sites for hydroxylation is 1. The standard InChI is InChI=1S/C28H42N6O5.C5H8.C2H6O.C2H6/c1-4-23-20-30-34-24(18-25(31-28(23)34)32-11-6-5-7-12-32)29-19-22-8-9-26(35)33(21-22)13-15-39-17-16-38-14-10-27(36-2)37-3;1-3-5-4-2;1-2-3;1-2/h8-9,18,20-21,27,29H,4-7,10-17,19H2,1-3H3;3-5H,1H2,2H3;3H,2H2,1H3;1-2H3/b;5-4-;;. The van der Waals surface area contributed by atoms with Crippen LogP contribution in [-0.2, 0) is 38.5 Å². The molecule has 12 nitrogen and oxygen atoms in total. The van der Waals surface area contributed by atoms with Crippen molar-refractivity contribution in [2.24, 2.45) is 0 Å². The van der Waals surface area contributed by atoms with Crippen molar-refractivity contribution in [1.82, 2.24) is 19.2 Å². The highest BCUT2D eigenvalue weighted by molar-refractivity contribution is 5.61. The number of ether oxygens (including phenoxy) is 4. The van der Waals surface area contributed by atoms with E-state index in [0.29, 0.717) is 45.9 Å². The number of nitrogens with zero attached hydrogens (tertiary/aromatic N) is 5. The van der Waals surface area contributed by atoms with Crippen molar-refractivity contribution in [2.45, 2.75) is 86.1 Å². The van der Waals surface area contributed by atoms with Gasteiger partial charge in [0.05, 0.1) is 32.6 Å². The van der Waals surface area contributed by atoms with Gasteiger partial charge in [0.15, 0.2) is 11.9 Å². The Labute approximate surface area is 293 Å². The molecule has 0 bridgehead atoms. The number of aliphatic hydroxyl groups excluding tert-OH is 1. The van der Waals surface area contributed by atoms with Gasteiger partial charge in [-0.05, 0) is 45.1 Å². The van der Waals surface area contributed by atoms with E-state index in [9.17, 15) is 4.79 Å². The highest BCUT2D eigenvalue weighted by Gasteiger charge is 2.17. The molecule has 0 spiro atoms. The zero-order valence-corrected chi connectivity index (χ0v) is 31.0. The lowest BCUT2D eigenvalue weighted by Crippen LogP contribution is -2.30. The molecule has 49 heavy (non-hydrogen) atoms. The number of hydrogen-bond donors (Lipinski definition) is 2. The van der Waals surface area contributed by atoms with Crippen LogP contribution in [0.25, 0.3) is 5.65 Å². The molecular weight excluding hydrogens is 624 g/mol. The first-order valence-electron chi connectivity index (χ1n) is 17.6. The normalized spacial score (nSPS) is 12.6. The highest BCUT2D eigenvalue weighted by Crippen LogP contribution is 2.24. The molecule has 276 valence electrons. The summed E-state index contributed by atoms with van der Waals surface area (Å²) in [5.41, 5.74) is 2.97. The van der Waals surface area contributed by atoms with Crippen molar-refractivity contribution in [2.75, 3.05) is 70.6 Å². The number of aliphatic hydroxyl groups is 1. The third kappa shape index (κ3) is 16.1. The minimum Gasteiger partial charge on any atom is -0.397 e. The van der Waals surface area contributed by atoms with E-state index in [0.717, 1.165) is 47.9 Å². The second-order valence-electron chi connectivity index (χ2n) is 10.7. The lowest BCUT2D eigenvalue weighted by Gasteiger charge is -2.28. The van der Waals surface area contributed by atoms with E-state index in [2.05, 4.69) is 34.9 Å². The van der Waals surface area contributed by atoms with E-state index >= 15 is 0 Å². The monoisotopic (exact) mass is 686 g/mol. The number of hydrogen-bond acceptors (Lipinski definition) is 10. The minimum atomic E-state index is -0.255. The highest BCUT2D eigenvalue weighted by atomic mass is 16.7. The smallest absolute Gasteiger partial charge is 0.250 e. The van der Waals surface area contributed by atoms with Crippen LogP contribution in [0.15, 0.2) is 60.2 Å². The Kier molecular flexibility index (Phi) is 24.2. The molecule has 3 aromatic rings. The van der Waals surface area contributed by atoms with Crippen molar-refractivity contribution >= 4 is 17.3 Å². The summed E-state index contributed by atoms with van der Waals surface area (Å²) >= 11 is 0. The van der Waals surface area contributed by atoms with Gasteiger partial charge in [0.25, 0.3) is 5.56 Å². The molecule has 1 saturated heterocycles. The van der Waals surface area contributed by atoms with Crippen molar-refractivity contribution in [3.05, 3.63) is 76.9 Å². The zero-order valence-electron chi connectivity index (χ0n) is 31.0. The molecule has 1 fully saturated rings. The Morgan fingerprint density at radius 2 is 1.71 bits per heavy atom. The summed E-state index contributed by atoms with van der Waals surface area (Å²) in [5.74, 6) is 1.88. The molecule has 0 amide bonds. The van der Waals surface area contributed by atoms with Gasteiger partial charge in [-0.2, -0.15) is 9.61 Å². The third-order valence-corrected chi connectivity index (χ3v) is 7.31. The number of fused-ring (bicyclic) bond motifs is 1. The summed E-state index contributed by atoms with van der Waals surface area (Å²) in [6, 6.07) is 5.55. The van der Waals surface area contributed by atoms with Gasteiger partial charge in [0, 0.05) is 77.3 Å². The Balaban J connectivity index is 0.00000107. The largest absolute Gasteiger partial charge is 0.397 e. The summed E-state index contributed by atoms with van der Waals surface area (Å²) in [5, 5.41) is 15.7. The maximum Gasteiger partial charge on any atom is 0.250 e. The fraction of sp³-hybridized carbons (Fsp3) is 0.595. The molecule has 1 aliphatic heterocycles. The number of anilines is 2. The van der Waals surface area contributed by atoms with Gasteiger partial charge >= 0.3 is 0 Å². The molecule has 0 atom stereocenters. The van der Waals surface area contributed by atoms with E-state index in [-0.39, 0.29) is 18.5 Å². The number of rotatable bonds is 17. The summed E-state index contributed by atoms with van der Waals surface area (Å²) < 4.78 is 25.0. The maximum atomic E-state index is 12.4. The van der Waals surface area contributed by atoms with Crippen molar-refractivity contribution in [3.63, 3.8) is 0 Å². The second-order valence-corrected chi connectivity index (χ2v) is 10.7. The molecule has 0 aliphatic carbocycles. The summed E-state index contributed by atoms with van der Waals surface area (Å²) in [4.78, 5) is 19.7. The molecule has 0 radical (unpaired) electrons. The molecular formula is C37H62N6O6. The van der Waals surface area contributed by atoms with Gasteiger partial charge in [-0.15, -0.1) is 0 Å². The zero-order chi connectivity index (χ0) is 36.3. The van der Waals surface area contributed by atoms with Gasteiger partial charge in [0.1, 0.15) is 11.6 Å². The first-order chi connectivity index (χ1) is 24.0. The topological polar surface area (TPSA) is 125 Å². The predicted octanol–water partition coefficient (Wildman–Crippen LogP) is 5.87. The van der Waals surface area contributed by atoms with E-state index in [1.165, 1.54) is 19.3 Å². The van der Waals surface area contributed by atoms with Gasteiger partial charge < -0.3 is 38.8 Å². The Morgan fingerprint density at radius 1 is 1.04 bits per heavy atom. The molecule has 12 heteroatoms. The summed E-state index contributed by atoms with van der Waals surface area (Å²) in [6.07, 6.45) is 14.3. The molecule has 0 aromatic carbocycles.